The fourth-order valence-corrected chi connectivity index (χ4v) is 2.31. The van der Waals surface area contributed by atoms with Crippen molar-refractivity contribution >= 4 is 5.91 Å². The second-order valence-corrected chi connectivity index (χ2v) is 4.99. The van der Waals surface area contributed by atoms with E-state index < -0.39 is 0 Å². The van der Waals surface area contributed by atoms with Crippen LogP contribution >= 0.6 is 0 Å². The van der Waals surface area contributed by atoms with Gasteiger partial charge in [-0.3, -0.25) is 4.79 Å². The summed E-state index contributed by atoms with van der Waals surface area (Å²) < 4.78 is 5.33. The average Bonchev–Trinajstić information content (AvgIpc) is 2.35. The van der Waals surface area contributed by atoms with E-state index in [2.05, 4.69) is 18.7 Å². The third kappa shape index (κ3) is 5.53. The maximum absolute atomic E-state index is 12.2. The fraction of sp³-hybridized carbons (Fsp3) is 0.929. The van der Waals surface area contributed by atoms with Gasteiger partial charge in [-0.25, -0.2) is 0 Å². The molecule has 0 atom stereocenters. The molecular weight excluding hydrogens is 214 g/mol. The lowest BCUT2D eigenvalue weighted by atomic mass is 9.96. The molecular formula is C14H27NO2. The number of rotatable bonds is 7. The van der Waals surface area contributed by atoms with E-state index in [1.807, 2.05) is 0 Å². The molecule has 3 heteroatoms. The number of carbonyl (C=O) groups is 1. The molecule has 1 aliphatic heterocycles. The van der Waals surface area contributed by atoms with E-state index in [-0.39, 0.29) is 0 Å². The molecule has 0 aromatic heterocycles. The minimum atomic E-state index is 0.354. The van der Waals surface area contributed by atoms with E-state index >= 15 is 0 Å². The number of nitrogens with zero attached hydrogens (tertiary/aromatic N) is 1. The van der Waals surface area contributed by atoms with Crippen LogP contribution in [0.4, 0.5) is 0 Å². The molecule has 0 spiro atoms. The van der Waals surface area contributed by atoms with Gasteiger partial charge in [-0.15, -0.1) is 0 Å². The molecule has 1 saturated heterocycles. The van der Waals surface area contributed by atoms with Crippen molar-refractivity contribution in [3.63, 3.8) is 0 Å². The standard InChI is InChI=1S/C14H27NO2/c1-3-5-9-15(8-4-2)14(16)12-13-6-10-17-11-7-13/h13H,3-12H2,1-2H3. The van der Waals surface area contributed by atoms with Gasteiger partial charge in [-0.05, 0) is 31.6 Å². The summed E-state index contributed by atoms with van der Waals surface area (Å²) in [7, 11) is 0. The van der Waals surface area contributed by atoms with E-state index in [1.165, 1.54) is 0 Å². The maximum Gasteiger partial charge on any atom is 0.222 e. The molecule has 3 nitrogen and oxygen atoms in total. The number of hydrogen-bond donors (Lipinski definition) is 0. The van der Waals surface area contributed by atoms with Gasteiger partial charge in [0, 0.05) is 32.7 Å². The molecule has 17 heavy (non-hydrogen) atoms. The highest BCUT2D eigenvalue weighted by atomic mass is 16.5. The van der Waals surface area contributed by atoms with Gasteiger partial charge in [0.15, 0.2) is 0 Å². The number of hydrogen-bond acceptors (Lipinski definition) is 2. The van der Waals surface area contributed by atoms with Crippen LogP contribution in [0.5, 0.6) is 0 Å². The zero-order valence-corrected chi connectivity index (χ0v) is 11.4. The molecule has 1 amide bonds. The van der Waals surface area contributed by atoms with Crippen LogP contribution in [0.25, 0.3) is 0 Å². The molecule has 1 rings (SSSR count). The Morgan fingerprint density at radius 2 is 1.88 bits per heavy atom. The van der Waals surface area contributed by atoms with Crippen LogP contribution in [0.3, 0.4) is 0 Å². The van der Waals surface area contributed by atoms with Crippen molar-refractivity contribution in [2.24, 2.45) is 5.92 Å². The summed E-state index contributed by atoms with van der Waals surface area (Å²) in [5.41, 5.74) is 0. The highest BCUT2D eigenvalue weighted by molar-refractivity contribution is 5.76. The van der Waals surface area contributed by atoms with Crippen LogP contribution in [0.1, 0.15) is 52.4 Å². The highest BCUT2D eigenvalue weighted by Crippen LogP contribution is 2.19. The Hall–Kier alpha value is -0.570. The summed E-state index contributed by atoms with van der Waals surface area (Å²) in [6, 6.07) is 0. The van der Waals surface area contributed by atoms with Crippen LogP contribution in [0, 0.1) is 5.92 Å². The molecule has 0 aromatic rings. The van der Waals surface area contributed by atoms with Crippen LogP contribution in [-0.2, 0) is 9.53 Å². The van der Waals surface area contributed by atoms with Crippen molar-refractivity contribution in [2.75, 3.05) is 26.3 Å². The van der Waals surface area contributed by atoms with Crippen molar-refractivity contribution in [3.8, 4) is 0 Å². The second kappa shape index (κ2) is 8.51. The Labute approximate surface area is 106 Å². The number of unbranched alkanes of at least 4 members (excludes halogenated alkanes) is 1. The van der Waals surface area contributed by atoms with Crippen LogP contribution in [-0.4, -0.2) is 37.1 Å². The van der Waals surface area contributed by atoms with Gasteiger partial charge in [0.2, 0.25) is 5.91 Å². The van der Waals surface area contributed by atoms with Gasteiger partial charge in [0.05, 0.1) is 0 Å². The monoisotopic (exact) mass is 241 g/mol. The van der Waals surface area contributed by atoms with Crippen molar-refractivity contribution in [1.29, 1.82) is 0 Å². The van der Waals surface area contributed by atoms with E-state index in [0.29, 0.717) is 11.8 Å². The lowest BCUT2D eigenvalue weighted by Crippen LogP contribution is -2.34. The largest absolute Gasteiger partial charge is 0.381 e. The van der Waals surface area contributed by atoms with Gasteiger partial charge in [-0.2, -0.15) is 0 Å². The first-order valence-corrected chi connectivity index (χ1v) is 7.13. The lowest BCUT2D eigenvalue weighted by molar-refractivity contribution is -0.133. The molecule has 1 heterocycles. The van der Waals surface area contributed by atoms with Crippen molar-refractivity contribution in [1.82, 2.24) is 4.90 Å². The van der Waals surface area contributed by atoms with Gasteiger partial charge < -0.3 is 9.64 Å². The molecule has 0 radical (unpaired) electrons. The molecule has 1 aliphatic rings. The second-order valence-electron chi connectivity index (χ2n) is 4.99. The molecule has 0 bridgehead atoms. The van der Waals surface area contributed by atoms with Crippen molar-refractivity contribution in [3.05, 3.63) is 0 Å². The first-order chi connectivity index (χ1) is 8.27. The Bertz CT molecular complexity index is 212. The first kappa shape index (κ1) is 14.5. The Balaban J connectivity index is 2.34. The zero-order chi connectivity index (χ0) is 12.5. The van der Waals surface area contributed by atoms with Crippen LogP contribution in [0.2, 0.25) is 0 Å². The topological polar surface area (TPSA) is 29.5 Å². The fourth-order valence-electron chi connectivity index (χ4n) is 2.31. The van der Waals surface area contributed by atoms with Crippen LogP contribution < -0.4 is 0 Å². The quantitative estimate of drug-likeness (QED) is 0.686. The average molecular weight is 241 g/mol. The maximum atomic E-state index is 12.2. The molecule has 1 fully saturated rings. The Kier molecular flexibility index (Phi) is 7.25. The SMILES string of the molecule is CCCCN(CCC)C(=O)CC1CCOCC1. The summed E-state index contributed by atoms with van der Waals surface area (Å²) in [4.78, 5) is 14.2. The van der Waals surface area contributed by atoms with Crippen LogP contribution in [0.15, 0.2) is 0 Å². The normalized spacial score (nSPS) is 17.1. The predicted molar refractivity (Wildman–Crippen MR) is 69.9 cm³/mol. The van der Waals surface area contributed by atoms with E-state index in [0.717, 1.165) is 64.8 Å². The molecule has 0 N–H and O–H groups in total. The minimum absolute atomic E-state index is 0.354. The molecule has 0 aromatic carbocycles. The van der Waals surface area contributed by atoms with Gasteiger partial charge in [-0.1, -0.05) is 20.3 Å². The molecule has 0 unspecified atom stereocenters. The summed E-state index contributed by atoms with van der Waals surface area (Å²) >= 11 is 0. The Morgan fingerprint density at radius 1 is 1.18 bits per heavy atom. The summed E-state index contributed by atoms with van der Waals surface area (Å²) in [5.74, 6) is 0.907. The van der Waals surface area contributed by atoms with Gasteiger partial charge >= 0.3 is 0 Å². The number of amides is 1. The number of carbonyl (C=O) groups excluding carboxylic acids is 1. The van der Waals surface area contributed by atoms with Gasteiger partial charge in [0.25, 0.3) is 0 Å². The summed E-state index contributed by atoms with van der Waals surface area (Å²) in [5, 5.41) is 0. The predicted octanol–water partition coefficient (Wildman–Crippen LogP) is 2.84. The zero-order valence-electron chi connectivity index (χ0n) is 11.4. The van der Waals surface area contributed by atoms with E-state index in [4.69, 9.17) is 4.74 Å². The van der Waals surface area contributed by atoms with E-state index in [9.17, 15) is 4.79 Å². The molecule has 100 valence electrons. The Morgan fingerprint density at radius 3 is 2.47 bits per heavy atom. The minimum Gasteiger partial charge on any atom is -0.381 e. The summed E-state index contributed by atoms with van der Waals surface area (Å²) in [6.45, 7) is 7.84. The van der Waals surface area contributed by atoms with Crippen molar-refractivity contribution in [2.45, 2.75) is 52.4 Å². The van der Waals surface area contributed by atoms with E-state index in [1.54, 1.807) is 0 Å². The molecule has 0 saturated carbocycles. The third-order valence-electron chi connectivity index (χ3n) is 3.43. The molecule has 0 aliphatic carbocycles. The number of ether oxygens (including phenoxy) is 1. The van der Waals surface area contributed by atoms with Crippen molar-refractivity contribution < 1.29 is 9.53 Å². The third-order valence-corrected chi connectivity index (χ3v) is 3.43. The van der Waals surface area contributed by atoms with Gasteiger partial charge in [0.1, 0.15) is 0 Å². The lowest BCUT2D eigenvalue weighted by Gasteiger charge is -2.26. The first-order valence-electron chi connectivity index (χ1n) is 7.13. The highest BCUT2D eigenvalue weighted by Gasteiger charge is 2.20. The summed E-state index contributed by atoms with van der Waals surface area (Å²) in [6.07, 6.45) is 6.18. The smallest absolute Gasteiger partial charge is 0.222 e.